The minimum atomic E-state index is -1.49. The lowest BCUT2D eigenvalue weighted by Gasteiger charge is -2.18. The van der Waals surface area contributed by atoms with Crippen molar-refractivity contribution in [1.82, 2.24) is 16.0 Å². The van der Waals surface area contributed by atoms with Crippen molar-refractivity contribution >= 4 is 48.2 Å². The zero-order chi connectivity index (χ0) is 26.9. The number of hydrogen-bond acceptors (Lipinski definition) is 8. The van der Waals surface area contributed by atoms with Gasteiger partial charge in [0.15, 0.2) is 6.61 Å². The smallest absolute Gasteiger partial charge is 0.326 e. The maximum absolute atomic E-state index is 12.4. The number of carboxylic acid groups (broad SMARTS) is 3. The molecule has 1 rings (SSSR count). The number of rotatable bonds is 17. The number of hydrogen-bond donors (Lipinski definition) is 6. The van der Waals surface area contributed by atoms with Gasteiger partial charge in [-0.25, -0.2) is 14.4 Å². The Balaban J connectivity index is 2.29. The van der Waals surface area contributed by atoms with Gasteiger partial charge in [-0.1, -0.05) is 17.3 Å². The van der Waals surface area contributed by atoms with E-state index in [1.54, 1.807) is 24.3 Å². The molecule has 2 unspecified atom stereocenters. The third-order valence-electron chi connectivity index (χ3n) is 4.54. The van der Waals surface area contributed by atoms with Crippen LogP contribution in [0.5, 0.6) is 0 Å². The molecule has 0 saturated carbocycles. The topological polar surface area (TPSA) is 204 Å². The second-order valence-corrected chi connectivity index (χ2v) is 7.96. The van der Waals surface area contributed by atoms with Crippen LogP contribution in [0.3, 0.4) is 0 Å². The van der Waals surface area contributed by atoms with E-state index in [1.165, 1.54) is 6.21 Å². The molecule has 6 N–H and O–H groups in total. The molecular weight excluding hydrogens is 503 g/mol. The number of oxime groups is 1. The first kappa shape index (κ1) is 30.2. The Hall–Kier alpha value is -3.88. The number of aliphatic carboxylic acids is 3. The molecule has 1 aromatic carbocycles. The van der Waals surface area contributed by atoms with E-state index in [-0.39, 0.29) is 38.1 Å². The average Bonchev–Trinajstić information content (AvgIpc) is 2.83. The summed E-state index contributed by atoms with van der Waals surface area (Å²) in [6.45, 7) is -0.135. The summed E-state index contributed by atoms with van der Waals surface area (Å²) in [6.07, 6.45) is 1.21. The van der Waals surface area contributed by atoms with Gasteiger partial charge in [0.25, 0.3) is 5.91 Å². The fourth-order valence-corrected chi connectivity index (χ4v) is 2.93. The van der Waals surface area contributed by atoms with Crippen LogP contribution in [-0.4, -0.2) is 76.6 Å². The van der Waals surface area contributed by atoms with Crippen LogP contribution in [0.2, 0.25) is 0 Å². The maximum Gasteiger partial charge on any atom is 0.326 e. The van der Waals surface area contributed by atoms with Gasteiger partial charge < -0.3 is 36.1 Å². The van der Waals surface area contributed by atoms with Crippen molar-refractivity contribution in [2.45, 2.75) is 49.1 Å². The number of benzene rings is 1. The van der Waals surface area contributed by atoms with Gasteiger partial charge >= 0.3 is 23.9 Å². The van der Waals surface area contributed by atoms with Crippen LogP contribution >= 0.6 is 12.1 Å². The molecule has 198 valence electrons. The van der Waals surface area contributed by atoms with Gasteiger partial charge in [0.1, 0.15) is 12.1 Å². The monoisotopic (exact) mass is 530 g/mol. The number of amides is 3. The SMILES string of the molecule is O=C(O)CCC(NC(=O)NC(CCCCNC(=O)CON=Cc1ccc(SF)cc1)C(=O)O)C(=O)O. The zero-order valence-corrected chi connectivity index (χ0v) is 19.8. The number of carbonyl (C=O) groups is 5. The molecule has 0 aromatic heterocycles. The van der Waals surface area contributed by atoms with Crippen LogP contribution in [0.25, 0.3) is 0 Å². The molecule has 13 nitrogen and oxygen atoms in total. The summed E-state index contributed by atoms with van der Waals surface area (Å²) < 4.78 is 12.4. The van der Waals surface area contributed by atoms with Crippen LogP contribution < -0.4 is 16.0 Å². The zero-order valence-electron chi connectivity index (χ0n) is 19.0. The number of carboxylic acids is 3. The number of carbonyl (C=O) groups excluding carboxylic acids is 2. The van der Waals surface area contributed by atoms with E-state index in [4.69, 9.17) is 15.1 Å². The molecule has 0 radical (unpaired) electrons. The predicted molar refractivity (Wildman–Crippen MR) is 125 cm³/mol. The molecule has 3 amide bonds. The molecule has 0 fully saturated rings. The third kappa shape index (κ3) is 13.1. The van der Waals surface area contributed by atoms with E-state index < -0.39 is 48.4 Å². The molecule has 0 aliphatic heterocycles. The average molecular weight is 531 g/mol. The first-order chi connectivity index (χ1) is 17.1. The van der Waals surface area contributed by atoms with Crippen molar-refractivity contribution < 1.29 is 48.0 Å². The largest absolute Gasteiger partial charge is 0.481 e. The van der Waals surface area contributed by atoms with Gasteiger partial charge in [0, 0.05) is 17.9 Å². The lowest BCUT2D eigenvalue weighted by atomic mass is 10.1. The van der Waals surface area contributed by atoms with Crippen LogP contribution in [0.15, 0.2) is 34.3 Å². The number of halogens is 1. The molecular formula is C21H27FN4O9S. The summed E-state index contributed by atoms with van der Waals surface area (Å²) in [5.74, 6) is -4.48. The Bertz CT molecular complexity index is 930. The first-order valence-corrected chi connectivity index (χ1v) is 11.4. The summed E-state index contributed by atoms with van der Waals surface area (Å²) in [5.41, 5.74) is 0.655. The summed E-state index contributed by atoms with van der Waals surface area (Å²) in [7, 11) is 0. The number of unbranched alkanes of at least 4 members (excludes halogenated alkanes) is 1. The van der Waals surface area contributed by atoms with Gasteiger partial charge in [-0.15, -0.1) is 0 Å². The van der Waals surface area contributed by atoms with Gasteiger partial charge in [-0.3, -0.25) is 9.59 Å². The molecule has 0 heterocycles. The van der Waals surface area contributed by atoms with Gasteiger partial charge in [0.2, 0.25) is 0 Å². The van der Waals surface area contributed by atoms with Crippen molar-refractivity contribution in [1.29, 1.82) is 0 Å². The molecule has 36 heavy (non-hydrogen) atoms. The lowest BCUT2D eigenvalue weighted by Crippen LogP contribution is -2.51. The minimum absolute atomic E-state index is 0.00594. The second kappa shape index (κ2) is 16.7. The number of urea groups is 1. The van der Waals surface area contributed by atoms with E-state index in [9.17, 15) is 33.0 Å². The van der Waals surface area contributed by atoms with Crippen molar-refractivity contribution in [3.63, 3.8) is 0 Å². The second-order valence-electron chi connectivity index (χ2n) is 7.33. The number of nitrogens with zero attached hydrogens (tertiary/aromatic N) is 1. The summed E-state index contributed by atoms with van der Waals surface area (Å²) in [4.78, 5) is 62.1. The molecule has 0 aliphatic rings. The van der Waals surface area contributed by atoms with Crippen LogP contribution in [0, 0.1) is 0 Å². The highest BCUT2D eigenvalue weighted by Crippen LogP contribution is 2.18. The van der Waals surface area contributed by atoms with Gasteiger partial charge in [0.05, 0.1) is 18.4 Å². The highest BCUT2D eigenvalue weighted by atomic mass is 32.2. The Morgan fingerprint density at radius 3 is 2.14 bits per heavy atom. The van der Waals surface area contributed by atoms with Crippen LogP contribution in [-0.2, 0) is 24.0 Å². The van der Waals surface area contributed by atoms with E-state index in [2.05, 4.69) is 15.8 Å². The summed E-state index contributed by atoms with van der Waals surface area (Å²) in [6, 6.07) is 2.52. The van der Waals surface area contributed by atoms with E-state index in [1.807, 2.05) is 5.32 Å². The highest BCUT2D eigenvalue weighted by molar-refractivity contribution is 7.94. The van der Waals surface area contributed by atoms with Crippen LogP contribution in [0.4, 0.5) is 8.68 Å². The fraction of sp³-hybridized carbons (Fsp3) is 0.429. The van der Waals surface area contributed by atoms with E-state index in [0.717, 1.165) is 0 Å². The van der Waals surface area contributed by atoms with Crippen molar-refractivity contribution in [3.05, 3.63) is 29.8 Å². The number of nitrogens with one attached hydrogen (secondary N) is 3. The normalized spacial score (nSPS) is 12.4. The van der Waals surface area contributed by atoms with E-state index >= 15 is 0 Å². The lowest BCUT2D eigenvalue weighted by molar-refractivity contribution is -0.140. The molecule has 0 bridgehead atoms. The third-order valence-corrected chi connectivity index (χ3v) is 4.99. The highest BCUT2D eigenvalue weighted by Gasteiger charge is 2.24. The Labute approximate surface area is 209 Å². The maximum atomic E-state index is 12.4. The first-order valence-electron chi connectivity index (χ1n) is 10.7. The quantitative estimate of drug-likeness (QED) is 0.0969. The predicted octanol–water partition coefficient (Wildman–Crippen LogP) is 1.37. The molecule has 0 aliphatic carbocycles. The Morgan fingerprint density at radius 1 is 0.972 bits per heavy atom. The Morgan fingerprint density at radius 2 is 1.58 bits per heavy atom. The minimum Gasteiger partial charge on any atom is -0.481 e. The van der Waals surface area contributed by atoms with Crippen molar-refractivity contribution in [2.24, 2.45) is 5.16 Å². The van der Waals surface area contributed by atoms with Gasteiger partial charge in [-0.05, 0) is 43.4 Å². The fourth-order valence-electron chi connectivity index (χ4n) is 2.69. The van der Waals surface area contributed by atoms with Crippen LogP contribution in [0.1, 0.15) is 37.7 Å². The van der Waals surface area contributed by atoms with Crippen molar-refractivity contribution in [2.75, 3.05) is 13.2 Å². The molecule has 1 aromatic rings. The summed E-state index contributed by atoms with van der Waals surface area (Å²) in [5, 5.41) is 37.3. The standard InChI is InChI=1S/C21H27FN4O9S/c22-36-14-6-4-13(5-7-14)11-24-35-12-17(27)23-10-2-1-3-15(19(30)31)25-21(34)26-16(20(32)33)8-9-18(28)29/h4-7,11,15-16H,1-3,8-10,12H2,(H,23,27)(H,28,29)(H,30,31)(H,32,33)(H2,25,26,34). The molecule has 0 spiro atoms. The van der Waals surface area contributed by atoms with Crippen molar-refractivity contribution in [3.8, 4) is 0 Å². The summed E-state index contributed by atoms with van der Waals surface area (Å²) >= 11 is 0.116. The van der Waals surface area contributed by atoms with E-state index in [0.29, 0.717) is 23.3 Å². The molecule has 0 saturated heterocycles. The van der Waals surface area contributed by atoms with Gasteiger partial charge in [-0.2, -0.15) is 3.89 Å². The Kier molecular flexibility index (Phi) is 14.0. The molecule has 2 atom stereocenters. The molecule has 15 heteroatoms.